The van der Waals surface area contributed by atoms with E-state index in [9.17, 15) is 0 Å². The summed E-state index contributed by atoms with van der Waals surface area (Å²) in [4.78, 5) is 1.37. The zero-order chi connectivity index (χ0) is 13.8. The number of thioether (sulfide) groups is 1. The molecule has 1 saturated carbocycles. The molecule has 0 bridgehead atoms. The molecular weight excluding hydrogens is 262 g/mol. The SMILES string of the molecule is CCSc1ccccc1NC1CC(c2ccccc2)C1. The summed E-state index contributed by atoms with van der Waals surface area (Å²) in [5.41, 5.74) is 2.79. The lowest BCUT2D eigenvalue weighted by Gasteiger charge is -2.37. The lowest BCUT2D eigenvalue weighted by molar-refractivity contribution is 0.374. The highest BCUT2D eigenvalue weighted by Crippen LogP contribution is 2.39. The van der Waals surface area contributed by atoms with Crippen molar-refractivity contribution in [2.24, 2.45) is 0 Å². The van der Waals surface area contributed by atoms with Crippen LogP contribution in [0.3, 0.4) is 0 Å². The van der Waals surface area contributed by atoms with E-state index in [0.717, 1.165) is 11.7 Å². The lowest BCUT2D eigenvalue weighted by atomic mass is 9.76. The Hall–Kier alpha value is -1.41. The number of hydrogen-bond donors (Lipinski definition) is 1. The normalized spacial score (nSPS) is 21.2. The summed E-state index contributed by atoms with van der Waals surface area (Å²) in [7, 11) is 0. The summed E-state index contributed by atoms with van der Waals surface area (Å²) in [6, 6.07) is 20.2. The van der Waals surface area contributed by atoms with Crippen LogP contribution < -0.4 is 5.32 Å². The van der Waals surface area contributed by atoms with E-state index in [1.54, 1.807) is 0 Å². The molecule has 1 aliphatic rings. The van der Waals surface area contributed by atoms with Gasteiger partial charge in [-0.05, 0) is 42.2 Å². The second kappa shape index (κ2) is 6.36. The summed E-state index contributed by atoms with van der Waals surface area (Å²) >= 11 is 1.91. The van der Waals surface area contributed by atoms with E-state index in [0.29, 0.717) is 6.04 Å². The molecule has 0 unspecified atom stereocenters. The maximum absolute atomic E-state index is 3.71. The van der Waals surface area contributed by atoms with Crippen molar-refractivity contribution < 1.29 is 0 Å². The predicted molar refractivity (Wildman–Crippen MR) is 88.7 cm³/mol. The zero-order valence-corrected chi connectivity index (χ0v) is 12.7. The molecule has 104 valence electrons. The van der Waals surface area contributed by atoms with Gasteiger partial charge in [-0.2, -0.15) is 0 Å². The van der Waals surface area contributed by atoms with Crippen LogP contribution in [0, 0.1) is 0 Å². The molecule has 2 aromatic rings. The van der Waals surface area contributed by atoms with Crippen molar-refractivity contribution in [3.63, 3.8) is 0 Å². The van der Waals surface area contributed by atoms with Gasteiger partial charge < -0.3 is 5.32 Å². The van der Waals surface area contributed by atoms with E-state index in [2.05, 4.69) is 66.8 Å². The molecule has 2 aromatic carbocycles. The molecule has 0 atom stereocenters. The first-order chi connectivity index (χ1) is 9.86. The van der Waals surface area contributed by atoms with Crippen LogP contribution in [0.1, 0.15) is 31.2 Å². The van der Waals surface area contributed by atoms with Crippen LogP contribution in [-0.4, -0.2) is 11.8 Å². The first-order valence-corrected chi connectivity index (χ1v) is 8.38. The highest BCUT2D eigenvalue weighted by molar-refractivity contribution is 7.99. The smallest absolute Gasteiger partial charge is 0.0480 e. The van der Waals surface area contributed by atoms with Crippen molar-refractivity contribution >= 4 is 17.4 Å². The molecule has 20 heavy (non-hydrogen) atoms. The molecule has 0 heterocycles. The van der Waals surface area contributed by atoms with Gasteiger partial charge in [0.2, 0.25) is 0 Å². The summed E-state index contributed by atoms with van der Waals surface area (Å²) in [5.74, 6) is 1.86. The number of benzene rings is 2. The van der Waals surface area contributed by atoms with Crippen LogP contribution in [0.5, 0.6) is 0 Å². The van der Waals surface area contributed by atoms with Gasteiger partial charge in [0.25, 0.3) is 0 Å². The molecule has 1 nitrogen and oxygen atoms in total. The van der Waals surface area contributed by atoms with Crippen LogP contribution in [0.4, 0.5) is 5.69 Å². The van der Waals surface area contributed by atoms with Crippen LogP contribution in [0.2, 0.25) is 0 Å². The fraction of sp³-hybridized carbons (Fsp3) is 0.333. The van der Waals surface area contributed by atoms with E-state index >= 15 is 0 Å². The van der Waals surface area contributed by atoms with Gasteiger partial charge in [-0.1, -0.05) is 49.4 Å². The third-order valence-corrected chi connectivity index (χ3v) is 4.91. The molecule has 1 N–H and O–H groups in total. The number of para-hydroxylation sites is 1. The molecule has 0 saturated heterocycles. The van der Waals surface area contributed by atoms with Crippen LogP contribution in [0.25, 0.3) is 0 Å². The fourth-order valence-corrected chi connectivity index (χ4v) is 3.59. The average molecular weight is 283 g/mol. The Morgan fingerprint density at radius 3 is 2.45 bits per heavy atom. The molecule has 0 radical (unpaired) electrons. The number of rotatable bonds is 5. The van der Waals surface area contributed by atoms with E-state index in [1.165, 1.54) is 29.0 Å². The maximum Gasteiger partial charge on any atom is 0.0480 e. The van der Waals surface area contributed by atoms with E-state index in [-0.39, 0.29) is 0 Å². The summed E-state index contributed by atoms with van der Waals surface area (Å²) in [6.45, 7) is 2.20. The van der Waals surface area contributed by atoms with Gasteiger partial charge >= 0.3 is 0 Å². The standard InChI is InChI=1S/C18H21NS/c1-2-20-18-11-7-6-10-17(18)19-16-12-15(13-16)14-8-4-3-5-9-14/h3-11,15-16,19H,2,12-13H2,1H3. The van der Waals surface area contributed by atoms with Crippen molar-refractivity contribution in [1.82, 2.24) is 0 Å². The van der Waals surface area contributed by atoms with E-state index in [1.807, 2.05) is 11.8 Å². The monoisotopic (exact) mass is 283 g/mol. The Morgan fingerprint density at radius 1 is 1.00 bits per heavy atom. The van der Waals surface area contributed by atoms with Crippen molar-refractivity contribution in [1.29, 1.82) is 0 Å². The van der Waals surface area contributed by atoms with Crippen molar-refractivity contribution in [3.05, 3.63) is 60.2 Å². The minimum atomic E-state index is 0.624. The number of anilines is 1. The van der Waals surface area contributed by atoms with Gasteiger partial charge in [0.15, 0.2) is 0 Å². The average Bonchev–Trinajstić information content (AvgIpc) is 2.45. The first-order valence-electron chi connectivity index (χ1n) is 7.40. The van der Waals surface area contributed by atoms with Gasteiger partial charge in [-0.25, -0.2) is 0 Å². The molecule has 0 spiro atoms. The third-order valence-electron chi connectivity index (χ3n) is 3.96. The zero-order valence-electron chi connectivity index (χ0n) is 11.9. The number of hydrogen-bond acceptors (Lipinski definition) is 2. The Balaban J connectivity index is 1.59. The summed E-state index contributed by atoms with van der Waals surface area (Å²) in [5, 5.41) is 3.71. The molecule has 3 rings (SSSR count). The minimum Gasteiger partial charge on any atom is -0.381 e. The number of nitrogens with one attached hydrogen (secondary N) is 1. The minimum absolute atomic E-state index is 0.624. The van der Waals surface area contributed by atoms with Gasteiger partial charge in [0.05, 0.1) is 0 Å². The Kier molecular flexibility index (Phi) is 4.31. The van der Waals surface area contributed by atoms with Crippen LogP contribution >= 0.6 is 11.8 Å². The fourth-order valence-electron chi connectivity index (χ4n) is 2.82. The first kappa shape index (κ1) is 13.6. The Labute approximate surface area is 125 Å². The molecular formula is C18H21NS. The van der Waals surface area contributed by atoms with E-state index in [4.69, 9.17) is 0 Å². The van der Waals surface area contributed by atoms with Crippen molar-refractivity contribution in [3.8, 4) is 0 Å². The molecule has 2 heteroatoms. The van der Waals surface area contributed by atoms with Crippen molar-refractivity contribution in [2.75, 3.05) is 11.1 Å². The van der Waals surface area contributed by atoms with Gasteiger partial charge in [-0.3, -0.25) is 0 Å². The van der Waals surface area contributed by atoms with Crippen LogP contribution in [-0.2, 0) is 0 Å². The second-order valence-electron chi connectivity index (χ2n) is 5.35. The Morgan fingerprint density at radius 2 is 1.70 bits per heavy atom. The third kappa shape index (κ3) is 3.01. The van der Waals surface area contributed by atoms with E-state index < -0.39 is 0 Å². The topological polar surface area (TPSA) is 12.0 Å². The molecule has 0 aliphatic heterocycles. The largest absolute Gasteiger partial charge is 0.381 e. The molecule has 0 aromatic heterocycles. The highest BCUT2D eigenvalue weighted by atomic mass is 32.2. The van der Waals surface area contributed by atoms with Gasteiger partial charge in [0, 0.05) is 16.6 Å². The van der Waals surface area contributed by atoms with Crippen molar-refractivity contribution in [2.45, 2.75) is 36.6 Å². The lowest BCUT2D eigenvalue weighted by Crippen LogP contribution is -2.34. The Bertz CT molecular complexity index is 546. The molecule has 0 amide bonds. The predicted octanol–water partition coefficient (Wildman–Crippen LogP) is 5.16. The highest BCUT2D eigenvalue weighted by Gasteiger charge is 2.30. The molecule has 1 aliphatic carbocycles. The quantitative estimate of drug-likeness (QED) is 0.761. The van der Waals surface area contributed by atoms with Crippen LogP contribution in [0.15, 0.2) is 59.5 Å². The maximum atomic E-state index is 3.71. The second-order valence-corrected chi connectivity index (χ2v) is 6.66. The summed E-state index contributed by atoms with van der Waals surface area (Å²) in [6.07, 6.45) is 2.49. The summed E-state index contributed by atoms with van der Waals surface area (Å²) < 4.78 is 0. The van der Waals surface area contributed by atoms with Gasteiger partial charge in [-0.15, -0.1) is 11.8 Å². The molecule has 1 fully saturated rings. The van der Waals surface area contributed by atoms with Gasteiger partial charge in [0.1, 0.15) is 0 Å².